The van der Waals surface area contributed by atoms with Gasteiger partial charge in [0.2, 0.25) is 3.79 Å². The van der Waals surface area contributed by atoms with Gasteiger partial charge in [-0.2, -0.15) is 0 Å². The van der Waals surface area contributed by atoms with E-state index in [0.29, 0.717) is 11.3 Å². The summed E-state index contributed by atoms with van der Waals surface area (Å²) in [4.78, 5) is 12.4. The van der Waals surface area contributed by atoms with Crippen molar-refractivity contribution >= 4 is 56.7 Å². The van der Waals surface area contributed by atoms with Gasteiger partial charge in [0.25, 0.3) is 0 Å². The molecule has 0 spiro atoms. The number of alkyl halides is 3. The summed E-state index contributed by atoms with van der Waals surface area (Å²) in [5, 5.41) is 0. The fraction of sp³-hybridized carbons (Fsp3) is 0.235. The minimum Gasteiger partial charge on any atom is -0.492 e. The first kappa shape index (κ1) is 20.3. The van der Waals surface area contributed by atoms with Crippen molar-refractivity contribution in [3.8, 4) is 5.75 Å². The molecule has 0 aliphatic heterocycles. The minimum absolute atomic E-state index is 0.00798. The number of halogens is 5. The third-order valence-corrected chi connectivity index (χ3v) is 4.02. The van der Waals surface area contributed by atoms with E-state index in [1.165, 1.54) is 24.3 Å². The molecule has 25 heavy (non-hydrogen) atoms. The molecular weight excluding hydrogens is 457 g/mol. The number of rotatable bonds is 6. The van der Waals surface area contributed by atoms with Crippen molar-refractivity contribution in [2.45, 2.75) is 9.71 Å². The zero-order chi connectivity index (χ0) is 18.4. The molecule has 0 amide bonds. The molecule has 0 heterocycles. The van der Waals surface area contributed by atoms with Gasteiger partial charge in [-0.25, -0.2) is 4.39 Å². The van der Waals surface area contributed by atoms with Crippen molar-refractivity contribution < 1.29 is 18.7 Å². The molecule has 8 heteroatoms. The first-order valence-electron chi connectivity index (χ1n) is 7.12. The highest BCUT2D eigenvalue weighted by atomic mass is 79.9. The molecule has 0 aromatic heterocycles. The number of carbonyl (C=O) groups excluding carboxylic acids is 1. The van der Waals surface area contributed by atoms with E-state index in [0.717, 1.165) is 4.47 Å². The molecule has 3 nitrogen and oxygen atoms in total. The molecule has 0 bridgehead atoms. The van der Waals surface area contributed by atoms with Gasteiger partial charge in [-0.05, 0) is 42.0 Å². The second-order valence-corrected chi connectivity index (χ2v) is 8.52. The van der Waals surface area contributed by atoms with E-state index in [1.807, 2.05) is 0 Å². The summed E-state index contributed by atoms with van der Waals surface area (Å²) in [5.41, 5.74) is 0.680. The van der Waals surface area contributed by atoms with Gasteiger partial charge in [0.05, 0.1) is 0 Å². The molecule has 2 aromatic carbocycles. The summed E-state index contributed by atoms with van der Waals surface area (Å²) in [6, 6.07) is 12.6. The first-order valence-corrected chi connectivity index (χ1v) is 9.04. The van der Waals surface area contributed by atoms with E-state index < -0.39 is 15.7 Å². The van der Waals surface area contributed by atoms with Gasteiger partial charge in [-0.1, -0.05) is 62.9 Å². The summed E-state index contributed by atoms with van der Waals surface area (Å²) in [6.45, 7) is -0.383. The van der Waals surface area contributed by atoms with Gasteiger partial charge >= 0.3 is 5.97 Å². The Balaban J connectivity index is 2.12. The lowest BCUT2D eigenvalue weighted by atomic mass is 10.0. The predicted octanol–water partition coefficient (Wildman–Crippen LogP) is 5.66. The topological polar surface area (TPSA) is 35.5 Å². The molecule has 2 aromatic rings. The van der Waals surface area contributed by atoms with Crippen LogP contribution in [0.4, 0.5) is 4.39 Å². The summed E-state index contributed by atoms with van der Waals surface area (Å²) in [6.07, 6.45) is 0. The lowest BCUT2D eigenvalue weighted by Gasteiger charge is -2.19. The molecule has 0 aliphatic rings. The highest BCUT2D eigenvalue weighted by molar-refractivity contribution is 9.10. The maximum absolute atomic E-state index is 13.0. The summed E-state index contributed by atoms with van der Waals surface area (Å²) in [7, 11) is 0. The van der Waals surface area contributed by atoms with Crippen LogP contribution < -0.4 is 4.74 Å². The maximum atomic E-state index is 13.0. The van der Waals surface area contributed by atoms with Crippen LogP contribution in [-0.2, 0) is 9.53 Å². The third-order valence-electron chi connectivity index (χ3n) is 3.17. The Morgan fingerprint density at radius 2 is 1.68 bits per heavy atom. The van der Waals surface area contributed by atoms with Gasteiger partial charge in [0.1, 0.15) is 30.7 Å². The van der Waals surface area contributed by atoms with Crippen molar-refractivity contribution in [2.24, 2.45) is 0 Å². The zero-order valence-corrected chi connectivity index (χ0v) is 16.6. The van der Waals surface area contributed by atoms with E-state index in [1.54, 1.807) is 24.3 Å². The number of benzene rings is 2. The first-order chi connectivity index (χ1) is 11.7. The highest BCUT2D eigenvalue weighted by Crippen LogP contribution is 2.28. The van der Waals surface area contributed by atoms with Crippen LogP contribution in [-0.4, -0.2) is 23.0 Å². The number of hydrogen-bond acceptors (Lipinski definition) is 3. The molecule has 0 saturated carbocycles. The fourth-order valence-corrected chi connectivity index (χ4v) is 2.39. The lowest BCUT2D eigenvalue weighted by molar-refractivity contribution is -0.146. The SMILES string of the molecule is O=C(OCC(Cl)(Cl)Cl)[C@@H](COc1ccc(F)cc1)c1ccc(Br)cc1. The second kappa shape index (κ2) is 9.08. The summed E-state index contributed by atoms with van der Waals surface area (Å²) >= 11 is 20.2. The van der Waals surface area contributed by atoms with E-state index in [4.69, 9.17) is 44.3 Å². The second-order valence-electron chi connectivity index (χ2n) is 5.09. The maximum Gasteiger partial charge on any atom is 0.317 e. The van der Waals surface area contributed by atoms with Crippen LogP contribution in [0.2, 0.25) is 0 Å². The van der Waals surface area contributed by atoms with Crippen LogP contribution >= 0.6 is 50.7 Å². The Morgan fingerprint density at radius 1 is 1.08 bits per heavy atom. The number of esters is 1. The van der Waals surface area contributed by atoms with E-state index in [-0.39, 0.29) is 19.0 Å². The van der Waals surface area contributed by atoms with E-state index in [2.05, 4.69) is 15.9 Å². The Kier molecular flexibility index (Phi) is 7.37. The van der Waals surface area contributed by atoms with Crippen molar-refractivity contribution in [3.63, 3.8) is 0 Å². The Bertz CT molecular complexity index is 703. The molecule has 0 fully saturated rings. The normalized spacial score (nSPS) is 12.5. The van der Waals surface area contributed by atoms with Gasteiger partial charge < -0.3 is 9.47 Å². The largest absolute Gasteiger partial charge is 0.492 e. The molecule has 0 unspecified atom stereocenters. The van der Waals surface area contributed by atoms with Gasteiger partial charge in [-0.15, -0.1) is 0 Å². The summed E-state index contributed by atoms with van der Waals surface area (Å²) in [5.74, 6) is -1.27. The summed E-state index contributed by atoms with van der Waals surface area (Å²) < 4.78 is 22.8. The van der Waals surface area contributed by atoms with Crippen LogP contribution in [0.1, 0.15) is 11.5 Å². The smallest absolute Gasteiger partial charge is 0.317 e. The molecule has 0 radical (unpaired) electrons. The average molecular weight is 471 g/mol. The molecule has 0 N–H and O–H groups in total. The number of carbonyl (C=O) groups is 1. The average Bonchev–Trinajstić information content (AvgIpc) is 2.55. The van der Waals surface area contributed by atoms with E-state index >= 15 is 0 Å². The van der Waals surface area contributed by atoms with Crippen molar-refractivity contribution in [1.29, 1.82) is 0 Å². The van der Waals surface area contributed by atoms with Crippen LogP contribution in [0.15, 0.2) is 53.0 Å². The third kappa shape index (κ3) is 7.02. The number of hydrogen-bond donors (Lipinski definition) is 0. The molecular formula is C17H13BrCl3FO3. The Labute approximate surface area is 168 Å². The molecule has 0 aliphatic carbocycles. The molecule has 0 saturated heterocycles. The van der Waals surface area contributed by atoms with Crippen LogP contribution in [0.3, 0.4) is 0 Å². The van der Waals surface area contributed by atoms with Gasteiger partial charge in [-0.3, -0.25) is 4.79 Å². The predicted molar refractivity (Wildman–Crippen MR) is 100 cm³/mol. The van der Waals surface area contributed by atoms with Gasteiger partial charge in [0.15, 0.2) is 0 Å². The van der Waals surface area contributed by atoms with E-state index in [9.17, 15) is 9.18 Å². The monoisotopic (exact) mass is 468 g/mol. The van der Waals surface area contributed by atoms with Crippen molar-refractivity contribution in [2.75, 3.05) is 13.2 Å². The molecule has 2 rings (SSSR count). The lowest BCUT2D eigenvalue weighted by Crippen LogP contribution is -2.26. The fourth-order valence-electron chi connectivity index (χ4n) is 1.96. The van der Waals surface area contributed by atoms with Crippen molar-refractivity contribution in [1.82, 2.24) is 0 Å². The zero-order valence-electron chi connectivity index (χ0n) is 12.7. The van der Waals surface area contributed by atoms with Crippen LogP contribution in [0.25, 0.3) is 0 Å². The van der Waals surface area contributed by atoms with Crippen molar-refractivity contribution in [3.05, 3.63) is 64.4 Å². The highest BCUT2D eigenvalue weighted by Gasteiger charge is 2.28. The van der Waals surface area contributed by atoms with Crippen LogP contribution in [0, 0.1) is 5.82 Å². The number of ether oxygens (including phenoxy) is 2. The quantitative estimate of drug-likeness (QED) is 0.404. The Hall–Kier alpha value is -1.01. The molecule has 134 valence electrons. The van der Waals surface area contributed by atoms with Gasteiger partial charge in [0, 0.05) is 4.47 Å². The minimum atomic E-state index is -1.70. The standard InChI is InChI=1S/C17H13BrCl3FO3/c18-12-3-1-11(2-4-12)15(16(23)25-10-17(19,20)21)9-24-14-7-5-13(22)6-8-14/h1-8,15H,9-10H2/t15-/m0/s1. The molecule has 1 atom stereocenters. The Morgan fingerprint density at radius 3 is 2.24 bits per heavy atom. The van der Waals surface area contributed by atoms with Crippen LogP contribution in [0.5, 0.6) is 5.75 Å².